The number of alkyl halides is 2. The summed E-state index contributed by atoms with van der Waals surface area (Å²) < 4.78 is 55.8. The van der Waals surface area contributed by atoms with Gasteiger partial charge < -0.3 is 5.32 Å². The molecule has 0 atom stereocenters. The Kier molecular flexibility index (Phi) is 9.50. The van der Waals surface area contributed by atoms with Gasteiger partial charge in [0, 0.05) is 39.6 Å². The van der Waals surface area contributed by atoms with Gasteiger partial charge in [-0.25, -0.2) is 13.4 Å². The second kappa shape index (κ2) is 13.5. The van der Waals surface area contributed by atoms with Gasteiger partial charge in [-0.1, -0.05) is 29.4 Å². The number of fused-ring (bicyclic) bond motifs is 1. The Hall–Kier alpha value is -5.06. The molecule has 46 heavy (non-hydrogen) atoms. The van der Waals surface area contributed by atoms with Crippen molar-refractivity contribution in [2.75, 3.05) is 15.5 Å². The minimum atomic E-state index is -4.38. The third-order valence-electron chi connectivity index (χ3n) is 6.37. The fourth-order valence-corrected chi connectivity index (χ4v) is 6.07. The van der Waals surface area contributed by atoms with Gasteiger partial charge in [0.05, 0.1) is 16.8 Å². The third kappa shape index (κ3) is 7.42. The minimum Gasteiger partial charge on any atom is -0.339 e. The Labute approximate surface area is 269 Å². The van der Waals surface area contributed by atoms with E-state index in [1.165, 1.54) is 53.1 Å². The molecule has 2 heterocycles. The number of non-ortho nitro benzene ring substituents is 1. The zero-order valence-corrected chi connectivity index (χ0v) is 25.9. The molecule has 236 valence electrons. The SMILES string of the molecule is Cc1cccn2c(=O)c(/C=N\Nc3ccc([N+](=O)[O-])cc3S(=O)(=O)Nc3ccc(Cl)cc3)c(Nc3ccc(SC(F)F)cc3)nc12. The molecule has 5 aromatic rings. The van der Waals surface area contributed by atoms with Crippen LogP contribution in [0.15, 0.2) is 105 Å². The number of anilines is 4. The molecule has 0 saturated heterocycles. The molecule has 0 saturated carbocycles. The maximum atomic E-state index is 13.6. The largest absolute Gasteiger partial charge is 0.339 e. The second-order valence-corrected chi connectivity index (χ2v) is 12.7. The highest BCUT2D eigenvalue weighted by atomic mass is 35.5. The number of hydrogen-bond acceptors (Lipinski definition) is 10. The molecule has 3 aromatic carbocycles. The molecule has 17 heteroatoms. The fraction of sp³-hybridized carbons (Fsp3) is 0.0690. The van der Waals surface area contributed by atoms with Crippen molar-refractivity contribution in [3.63, 3.8) is 0 Å². The van der Waals surface area contributed by atoms with Gasteiger partial charge in [0.15, 0.2) is 0 Å². The van der Waals surface area contributed by atoms with Crippen LogP contribution in [0.3, 0.4) is 0 Å². The van der Waals surface area contributed by atoms with Crippen LogP contribution in [0.25, 0.3) is 5.65 Å². The Morgan fingerprint density at radius 1 is 1.07 bits per heavy atom. The molecule has 0 amide bonds. The number of nitro groups is 1. The van der Waals surface area contributed by atoms with Crippen molar-refractivity contribution in [2.45, 2.75) is 22.5 Å². The topological polar surface area (TPSA) is 160 Å². The number of thioether (sulfide) groups is 1. The summed E-state index contributed by atoms with van der Waals surface area (Å²) in [4.78, 5) is 28.7. The van der Waals surface area contributed by atoms with E-state index in [1.807, 2.05) is 0 Å². The molecule has 0 unspecified atom stereocenters. The van der Waals surface area contributed by atoms with Crippen molar-refractivity contribution in [1.82, 2.24) is 9.38 Å². The Morgan fingerprint density at radius 2 is 1.76 bits per heavy atom. The van der Waals surface area contributed by atoms with Crippen LogP contribution in [-0.4, -0.2) is 34.7 Å². The van der Waals surface area contributed by atoms with E-state index >= 15 is 0 Å². The smallest absolute Gasteiger partial charge is 0.288 e. The lowest BCUT2D eigenvalue weighted by Crippen LogP contribution is -2.22. The van der Waals surface area contributed by atoms with Crippen molar-refractivity contribution >= 4 is 73.8 Å². The molecule has 0 fully saturated rings. The van der Waals surface area contributed by atoms with Gasteiger partial charge >= 0.3 is 0 Å². The average Bonchev–Trinajstić information content (AvgIpc) is 3.01. The van der Waals surface area contributed by atoms with Crippen molar-refractivity contribution in [3.05, 3.63) is 122 Å². The van der Waals surface area contributed by atoms with Crippen molar-refractivity contribution in [3.8, 4) is 0 Å². The molecule has 5 rings (SSSR count). The van der Waals surface area contributed by atoms with E-state index in [-0.39, 0.29) is 22.8 Å². The first-order valence-electron chi connectivity index (χ1n) is 13.1. The van der Waals surface area contributed by atoms with Crippen LogP contribution in [-0.2, 0) is 10.0 Å². The normalized spacial score (nSPS) is 11.7. The molecule has 0 aliphatic heterocycles. The minimum absolute atomic E-state index is 0.0350. The number of aromatic nitrogens is 2. The summed E-state index contributed by atoms with van der Waals surface area (Å²) in [6.45, 7) is 1.77. The molecule has 0 spiro atoms. The van der Waals surface area contributed by atoms with Crippen molar-refractivity contribution in [2.24, 2.45) is 5.10 Å². The second-order valence-electron chi connectivity index (χ2n) is 9.51. The molecule has 0 bridgehead atoms. The molecule has 0 radical (unpaired) electrons. The summed E-state index contributed by atoms with van der Waals surface area (Å²) in [6.07, 6.45) is 2.64. The lowest BCUT2D eigenvalue weighted by molar-refractivity contribution is -0.385. The molecular weight excluding hydrogens is 664 g/mol. The Bertz CT molecular complexity index is 2130. The molecule has 2 aromatic heterocycles. The first-order chi connectivity index (χ1) is 21.9. The van der Waals surface area contributed by atoms with Gasteiger partial charge in [0.25, 0.3) is 27.0 Å². The molecule has 0 aliphatic rings. The summed E-state index contributed by atoms with van der Waals surface area (Å²) in [5.74, 6) is -2.50. The third-order valence-corrected chi connectivity index (χ3v) is 8.76. The number of pyridine rings is 1. The predicted octanol–water partition coefficient (Wildman–Crippen LogP) is 6.87. The summed E-state index contributed by atoms with van der Waals surface area (Å²) >= 11 is 6.27. The number of hydrogen-bond donors (Lipinski definition) is 3. The van der Waals surface area contributed by atoms with E-state index in [2.05, 4.69) is 25.6 Å². The van der Waals surface area contributed by atoms with E-state index in [0.717, 1.165) is 18.3 Å². The number of nitrogens with zero attached hydrogens (tertiary/aromatic N) is 4. The molecule has 12 nitrogen and oxygen atoms in total. The van der Waals surface area contributed by atoms with Gasteiger partial charge in [-0.2, -0.15) is 13.9 Å². The molecule has 0 aliphatic carbocycles. The van der Waals surface area contributed by atoms with Crippen LogP contribution in [0.2, 0.25) is 5.02 Å². The van der Waals surface area contributed by atoms with E-state index in [9.17, 15) is 32.1 Å². The van der Waals surface area contributed by atoms with Crippen molar-refractivity contribution < 1.29 is 22.1 Å². The highest BCUT2D eigenvalue weighted by Crippen LogP contribution is 2.30. The predicted molar refractivity (Wildman–Crippen MR) is 174 cm³/mol. The summed E-state index contributed by atoms with van der Waals surface area (Å²) in [5.41, 5.74) is 3.04. The standard InChI is InChI=1S/C29H22ClF2N7O5S2/c1-17-3-2-14-38-27(17)35-26(34-19-8-11-22(12-9-19)45-29(31)32)23(28(38)40)16-33-36-24-13-10-21(39(41)42)15-25(24)46(43,44)37-20-6-4-18(30)5-7-20/h2-16,29,34,36-37H,1H3/b33-16-. The lowest BCUT2D eigenvalue weighted by Gasteiger charge is -2.13. The monoisotopic (exact) mass is 685 g/mol. The average molecular weight is 686 g/mol. The van der Waals surface area contributed by atoms with Gasteiger partial charge in [-0.05, 0) is 73.2 Å². The summed E-state index contributed by atoms with van der Waals surface area (Å²) in [6, 6.07) is 18.4. The van der Waals surface area contributed by atoms with Crippen LogP contribution < -0.4 is 21.0 Å². The number of halogens is 3. The maximum absolute atomic E-state index is 13.6. The van der Waals surface area contributed by atoms with Crippen LogP contribution in [0.5, 0.6) is 0 Å². The zero-order valence-electron chi connectivity index (χ0n) is 23.5. The quantitative estimate of drug-likeness (QED) is 0.0583. The van der Waals surface area contributed by atoms with Gasteiger partial charge in [-0.3, -0.25) is 29.5 Å². The van der Waals surface area contributed by atoms with Crippen LogP contribution in [0.4, 0.5) is 37.3 Å². The van der Waals surface area contributed by atoms with E-state index in [1.54, 1.807) is 31.2 Å². The van der Waals surface area contributed by atoms with E-state index in [4.69, 9.17) is 11.6 Å². The van der Waals surface area contributed by atoms with Gasteiger partial charge in [0.2, 0.25) is 0 Å². The Balaban J connectivity index is 1.52. The molecule has 3 N–H and O–H groups in total. The maximum Gasteiger partial charge on any atom is 0.288 e. The first kappa shape index (κ1) is 32.3. The number of aryl methyl sites for hydroxylation is 1. The number of rotatable bonds is 11. The van der Waals surface area contributed by atoms with Crippen molar-refractivity contribution in [1.29, 1.82) is 0 Å². The fourth-order valence-electron chi connectivity index (χ4n) is 4.21. The number of hydrazone groups is 1. The zero-order chi connectivity index (χ0) is 33.0. The number of nitro benzene ring substituents is 1. The number of sulfonamides is 1. The highest BCUT2D eigenvalue weighted by Gasteiger charge is 2.23. The van der Waals surface area contributed by atoms with Gasteiger partial charge in [-0.15, -0.1) is 0 Å². The summed E-state index contributed by atoms with van der Waals surface area (Å²) in [5, 5.41) is 18.9. The number of benzene rings is 3. The van der Waals surface area contributed by atoms with Crippen LogP contribution in [0, 0.1) is 17.0 Å². The molecular formula is C29H22ClF2N7O5S2. The Morgan fingerprint density at radius 3 is 2.43 bits per heavy atom. The van der Waals surface area contributed by atoms with Crippen LogP contribution in [0.1, 0.15) is 11.1 Å². The number of nitrogens with one attached hydrogen (secondary N) is 3. The van der Waals surface area contributed by atoms with E-state index in [0.29, 0.717) is 38.6 Å². The highest BCUT2D eigenvalue weighted by molar-refractivity contribution is 7.99. The van der Waals surface area contributed by atoms with Gasteiger partial charge in [0.1, 0.15) is 21.9 Å². The lowest BCUT2D eigenvalue weighted by atomic mass is 10.2. The van der Waals surface area contributed by atoms with E-state index < -0.39 is 36.8 Å². The van der Waals surface area contributed by atoms with Crippen LogP contribution >= 0.6 is 23.4 Å². The first-order valence-corrected chi connectivity index (χ1v) is 15.8. The summed E-state index contributed by atoms with van der Waals surface area (Å²) in [7, 11) is -4.38.